The molecule has 0 aliphatic carbocycles. The molecular formula is C14H26N4O3. The first-order valence-corrected chi connectivity index (χ1v) is 7.23. The highest BCUT2D eigenvalue weighted by Crippen LogP contribution is 2.20. The van der Waals surface area contributed by atoms with E-state index in [-0.39, 0.29) is 23.7 Å². The zero-order valence-electron chi connectivity index (χ0n) is 12.9. The van der Waals surface area contributed by atoms with Gasteiger partial charge >= 0.3 is 0 Å². The van der Waals surface area contributed by atoms with E-state index in [9.17, 15) is 14.4 Å². The maximum atomic E-state index is 12.0. The summed E-state index contributed by atoms with van der Waals surface area (Å²) in [5.41, 5.74) is 11.1. The van der Waals surface area contributed by atoms with E-state index in [1.807, 2.05) is 20.8 Å². The number of hydrogen-bond acceptors (Lipinski definition) is 4. The molecule has 3 atom stereocenters. The van der Waals surface area contributed by atoms with E-state index in [4.69, 9.17) is 11.5 Å². The Hall–Kier alpha value is -1.63. The summed E-state index contributed by atoms with van der Waals surface area (Å²) in [5.74, 6) is -1.45. The molecule has 0 radical (unpaired) electrons. The van der Waals surface area contributed by atoms with E-state index < -0.39 is 23.9 Å². The molecule has 0 aromatic rings. The van der Waals surface area contributed by atoms with Crippen molar-refractivity contribution in [3.05, 3.63) is 0 Å². The van der Waals surface area contributed by atoms with Crippen LogP contribution in [0.1, 0.15) is 40.0 Å². The van der Waals surface area contributed by atoms with Crippen molar-refractivity contribution in [3.8, 4) is 0 Å². The van der Waals surface area contributed by atoms with Crippen LogP contribution in [0, 0.1) is 11.3 Å². The summed E-state index contributed by atoms with van der Waals surface area (Å²) < 4.78 is 0. The van der Waals surface area contributed by atoms with Gasteiger partial charge in [0.15, 0.2) is 0 Å². The highest BCUT2D eigenvalue weighted by atomic mass is 16.2. The molecule has 3 amide bonds. The van der Waals surface area contributed by atoms with Gasteiger partial charge in [-0.1, -0.05) is 20.8 Å². The third-order valence-electron chi connectivity index (χ3n) is 3.51. The Bertz CT molecular complexity index is 417. The van der Waals surface area contributed by atoms with Crippen LogP contribution >= 0.6 is 0 Å². The molecule has 0 saturated carbocycles. The molecular weight excluding hydrogens is 272 g/mol. The van der Waals surface area contributed by atoms with Gasteiger partial charge in [-0.2, -0.15) is 0 Å². The Morgan fingerprint density at radius 2 is 2.05 bits per heavy atom. The Kier molecular flexibility index (Phi) is 5.71. The van der Waals surface area contributed by atoms with Gasteiger partial charge in [0.05, 0.1) is 6.04 Å². The van der Waals surface area contributed by atoms with Crippen molar-refractivity contribution >= 4 is 17.7 Å². The van der Waals surface area contributed by atoms with Gasteiger partial charge < -0.3 is 22.1 Å². The number of nitrogens with two attached hydrogens (primary N) is 2. The number of carbonyl (C=O) groups is 3. The van der Waals surface area contributed by atoms with Crippen LogP contribution < -0.4 is 22.1 Å². The van der Waals surface area contributed by atoms with Gasteiger partial charge in [0.25, 0.3) is 0 Å². The van der Waals surface area contributed by atoms with Crippen molar-refractivity contribution in [2.75, 3.05) is 6.54 Å². The molecule has 7 nitrogen and oxygen atoms in total. The van der Waals surface area contributed by atoms with Gasteiger partial charge in [0.2, 0.25) is 17.7 Å². The van der Waals surface area contributed by atoms with Gasteiger partial charge in [-0.15, -0.1) is 0 Å². The first kappa shape index (κ1) is 17.4. The summed E-state index contributed by atoms with van der Waals surface area (Å²) in [4.78, 5) is 35.1. The van der Waals surface area contributed by atoms with Crippen LogP contribution in [0.4, 0.5) is 0 Å². The molecule has 21 heavy (non-hydrogen) atoms. The molecule has 7 heteroatoms. The van der Waals surface area contributed by atoms with Crippen molar-refractivity contribution < 1.29 is 14.4 Å². The van der Waals surface area contributed by atoms with E-state index in [0.717, 1.165) is 0 Å². The molecule has 1 saturated heterocycles. The van der Waals surface area contributed by atoms with Crippen molar-refractivity contribution in [3.63, 3.8) is 0 Å². The second-order valence-corrected chi connectivity index (χ2v) is 6.85. The second-order valence-electron chi connectivity index (χ2n) is 6.85. The summed E-state index contributed by atoms with van der Waals surface area (Å²) in [6.07, 6.45) is 1.36. The molecule has 1 aliphatic rings. The number of hydrogen-bond donors (Lipinski definition) is 4. The van der Waals surface area contributed by atoms with E-state index in [2.05, 4.69) is 10.6 Å². The maximum absolute atomic E-state index is 12.0. The minimum absolute atomic E-state index is 0.0929. The lowest BCUT2D eigenvalue weighted by Gasteiger charge is -2.24. The quantitative estimate of drug-likeness (QED) is 0.514. The van der Waals surface area contributed by atoms with Gasteiger partial charge in [-0.3, -0.25) is 14.4 Å². The van der Waals surface area contributed by atoms with Crippen molar-refractivity contribution in [2.24, 2.45) is 22.8 Å². The summed E-state index contributed by atoms with van der Waals surface area (Å²) in [5, 5.41) is 5.26. The largest absolute Gasteiger partial charge is 0.368 e. The maximum Gasteiger partial charge on any atom is 0.240 e. The summed E-state index contributed by atoms with van der Waals surface area (Å²) in [6, 6.07) is -1.57. The monoisotopic (exact) mass is 298 g/mol. The molecule has 1 rings (SSSR count). The number of rotatable bonds is 6. The van der Waals surface area contributed by atoms with Crippen LogP contribution in [0.25, 0.3) is 0 Å². The Morgan fingerprint density at radius 1 is 1.43 bits per heavy atom. The summed E-state index contributed by atoms with van der Waals surface area (Å²) >= 11 is 0. The van der Waals surface area contributed by atoms with E-state index in [0.29, 0.717) is 19.4 Å². The first-order chi connectivity index (χ1) is 9.60. The molecule has 0 aromatic heterocycles. The average Bonchev–Trinajstić information content (AvgIpc) is 2.71. The van der Waals surface area contributed by atoms with Gasteiger partial charge in [-0.25, -0.2) is 0 Å². The SMILES string of the molecule is CC(C)(C)C[C@H](N)C(=O)N[C@@H](C[C@@H]1CCNC1=O)C(N)=O. The topological polar surface area (TPSA) is 127 Å². The molecule has 0 unspecified atom stereocenters. The van der Waals surface area contributed by atoms with Crippen LogP contribution in [-0.4, -0.2) is 36.3 Å². The van der Waals surface area contributed by atoms with Crippen LogP contribution in [-0.2, 0) is 14.4 Å². The molecule has 6 N–H and O–H groups in total. The van der Waals surface area contributed by atoms with Crippen molar-refractivity contribution in [1.29, 1.82) is 0 Å². The van der Waals surface area contributed by atoms with E-state index >= 15 is 0 Å². The zero-order valence-corrected chi connectivity index (χ0v) is 12.9. The highest BCUT2D eigenvalue weighted by Gasteiger charge is 2.31. The number of amides is 3. The van der Waals surface area contributed by atoms with Crippen molar-refractivity contribution in [1.82, 2.24) is 10.6 Å². The Labute approximate surface area is 125 Å². The van der Waals surface area contributed by atoms with Crippen LogP contribution in [0.15, 0.2) is 0 Å². The fraction of sp³-hybridized carbons (Fsp3) is 0.786. The Balaban J connectivity index is 2.59. The molecule has 0 aromatic carbocycles. The molecule has 0 spiro atoms. The fourth-order valence-corrected chi connectivity index (χ4v) is 2.43. The van der Waals surface area contributed by atoms with Gasteiger partial charge in [-0.05, 0) is 24.7 Å². The Morgan fingerprint density at radius 3 is 2.48 bits per heavy atom. The summed E-state index contributed by atoms with van der Waals surface area (Å²) in [7, 11) is 0. The fourth-order valence-electron chi connectivity index (χ4n) is 2.43. The van der Waals surface area contributed by atoms with Crippen molar-refractivity contribution in [2.45, 2.75) is 52.1 Å². The minimum atomic E-state index is -0.864. The van der Waals surface area contributed by atoms with Crippen LogP contribution in [0.3, 0.4) is 0 Å². The van der Waals surface area contributed by atoms with E-state index in [1.54, 1.807) is 0 Å². The zero-order chi connectivity index (χ0) is 16.2. The third kappa shape index (κ3) is 5.71. The second kappa shape index (κ2) is 6.89. The van der Waals surface area contributed by atoms with E-state index in [1.165, 1.54) is 0 Å². The number of primary amides is 1. The molecule has 120 valence electrons. The molecule has 1 fully saturated rings. The summed E-state index contributed by atoms with van der Waals surface area (Å²) in [6.45, 7) is 6.53. The standard InChI is InChI=1S/C14H26N4O3/c1-14(2,3)7-9(15)13(21)18-10(11(16)19)6-8-4-5-17-12(8)20/h8-10H,4-7,15H2,1-3H3,(H2,16,19)(H,17,20)(H,18,21)/t8-,9-,10-/m0/s1. The molecule has 0 bridgehead atoms. The lowest BCUT2D eigenvalue weighted by Crippen LogP contribution is -2.52. The average molecular weight is 298 g/mol. The van der Waals surface area contributed by atoms with Crippen LogP contribution in [0.2, 0.25) is 0 Å². The predicted octanol–water partition coefficient (Wildman–Crippen LogP) is -0.754. The third-order valence-corrected chi connectivity index (χ3v) is 3.51. The predicted molar refractivity (Wildman–Crippen MR) is 78.9 cm³/mol. The highest BCUT2D eigenvalue weighted by molar-refractivity contribution is 5.89. The molecule has 1 heterocycles. The number of nitrogens with one attached hydrogen (secondary N) is 2. The lowest BCUT2D eigenvalue weighted by atomic mass is 9.88. The lowest BCUT2D eigenvalue weighted by molar-refractivity contribution is -0.130. The van der Waals surface area contributed by atoms with Gasteiger partial charge in [0, 0.05) is 12.5 Å². The minimum Gasteiger partial charge on any atom is -0.368 e. The smallest absolute Gasteiger partial charge is 0.240 e. The van der Waals surface area contributed by atoms with Crippen LogP contribution in [0.5, 0.6) is 0 Å². The van der Waals surface area contributed by atoms with Gasteiger partial charge in [0.1, 0.15) is 6.04 Å². The first-order valence-electron chi connectivity index (χ1n) is 7.23. The number of carbonyl (C=O) groups excluding carboxylic acids is 3. The normalized spacial score (nSPS) is 21.5. The molecule has 1 aliphatic heterocycles.